The number of amidine groups is 1. The molecule has 2 atom stereocenters. The molecule has 2 aliphatic heterocycles. The summed E-state index contributed by atoms with van der Waals surface area (Å²) in [6, 6.07) is 7.25. The smallest absolute Gasteiger partial charge is 0.286 e. The van der Waals surface area contributed by atoms with Crippen molar-refractivity contribution in [2.24, 2.45) is 22.0 Å². The maximum atomic E-state index is 13.5. The molecule has 0 bridgehead atoms. The number of aromatic nitrogens is 1. The van der Waals surface area contributed by atoms with E-state index < -0.39 is 39.6 Å². The van der Waals surface area contributed by atoms with Gasteiger partial charge in [0.15, 0.2) is 17.8 Å². The first kappa shape index (κ1) is 23.0. The Kier molecular flexibility index (Phi) is 5.55. The molecule has 3 N–H and O–H groups in total. The highest BCUT2D eigenvalue weighted by Gasteiger charge is 2.45. The van der Waals surface area contributed by atoms with E-state index in [9.17, 15) is 22.8 Å². The van der Waals surface area contributed by atoms with Crippen LogP contribution in [0.2, 0.25) is 0 Å². The zero-order valence-corrected chi connectivity index (χ0v) is 19.6. The van der Waals surface area contributed by atoms with Gasteiger partial charge in [-0.25, -0.2) is 4.98 Å². The number of pyridine rings is 1. The average Bonchev–Trinajstić information content (AvgIpc) is 3.63. The van der Waals surface area contributed by atoms with Crippen LogP contribution in [0.15, 0.2) is 45.8 Å². The van der Waals surface area contributed by atoms with E-state index in [0.717, 1.165) is 19.3 Å². The summed E-state index contributed by atoms with van der Waals surface area (Å²) in [6.45, 7) is 1.82. The number of nitrogens with zero attached hydrogens (tertiary/aromatic N) is 3. The van der Waals surface area contributed by atoms with Gasteiger partial charge in [-0.3, -0.25) is 19.3 Å². The van der Waals surface area contributed by atoms with Crippen molar-refractivity contribution in [3.63, 3.8) is 0 Å². The van der Waals surface area contributed by atoms with Crippen LogP contribution >= 0.6 is 0 Å². The molecule has 0 radical (unpaired) electrons. The van der Waals surface area contributed by atoms with Gasteiger partial charge in [-0.15, -0.1) is 4.40 Å². The SMILES string of the molecule is CC(Oc1ccc2c(c1)S(=O)(=O)N=C(C1C(=O)c3cccnc3N(CCC3CC3)C1=O)N2)C(N)=O. The third kappa shape index (κ3) is 4.25. The van der Waals surface area contributed by atoms with Gasteiger partial charge in [-0.2, -0.15) is 8.42 Å². The Morgan fingerprint density at radius 2 is 2.06 bits per heavy atom. The maximum absolute atomic E-state index is 13.5. The van der Waals surface area contributed by atoms with Gasteiger partial charge in [0, 0.05) is 18.8 Å². The van der Waals surface area contributed by atoms with Crippen LogP contribution in [-0.4, -0.2) is 49.5 Å². The molecule has 12 heteroatoms. The zero-order valence-electron chi connectivity index (χ0n) is 18.8. The van der Waals surface area contributed by atoms with E-state index in [2.05, 4.69) is 14.7 Å². The van der Waals surface area contributed by atoms with Crippen molar-refractivity contribution in [2.45, 2.75) is 37.2 Å². The van der Waals surface area contributed by atoms with Gasteiger partial charge in [-0.05, 0) is 43.5 Å². The second-order valence-corrected chi connectivity index (χ2v) is 10.4. The molecule has 3 heterocycles. The average molecular weight is 498 g/mol. The molecule has 1 aromatic heterocycles. The lowest BCUT2D eigenvalue weighted by Crippen LogP contribution is -2.51. The molecule has 0 saturated heterocycles. The number of hydrogen-bond donors (Lipinski definition) is 2. The van der Waals surface area contributed by atoms with Gasteiger partial charge in [0.2, 0.25) is 5.91 Å². The summed E-state index contributed by atoms with van der Waals surface area (Å²) in [5.41, 5.74) is 5.58. The number of benzene rings is 1. The fourth-order valence-corrected chi connectivity index (χ4v) is 5.30. The van der Waals surface area contributed by atoms with Gasteiger partial charge in [0.05, 0.1) is 11.3 Å². The Bertz CT molecular complexity index is 1380. The standard InChI is InChI=1S/C23H23N5O6S/c1-12(20(24)30)34-14-6-7-16-17(11-14)35(32,33)27-21(26-16)18-19(29)15-3-2-9-25-22(15)28(23(18)31)10-8-13-4-5-13/h2-3,6-7,9,11-13,18H,4-5,8,10H2,1H3,(H2,24,30)(H,26,27). The number of nitrogens with one attached hydrogen (secondary N) is 1. The highest BCUT2D eigenvalue weighted by molar-refractivity contribution is 7.90. The second kappa shape index (κ2) is 8.45. The maximum Gasteiger partial charge on any atom is 0.286 e. The first-order valence-electron chi connectivity index (χ1n) is 11.2. The van der Waals surface area contributed by atoms with E-state index in [1.54, 1.807) is 12.1 Å². The number of rotatable bonds is 7. The number of carbonyl (C=O) groups excluding carboxylic acids is 3. The van der Waals surface area contributed by atoms with Crippen molar-refractivity contribution in [1.29, 1.82) is 0 Å². The number of carbonyl (C=O) groups is 3. The number of amides is 2. The van der Waals surface area contributed by atoms with Crippen molar-refractivity contribution < 1.29 is 27.5 Å². The monoisotopic (exact) mass is 497 g/mol. The Labute approximate surface area is 201 Å². The number of primary amides is 1. The van der Waals surface area contributed by atoms with Gasteiger partial charge in [0.1, 0.15) is 22.3 Å². The van der Waals surface area contributed by atoms with E-state index in [0.29, 0.717) is 12.5 Å². The molecule has 2 unspecified atom stereocenters. The minimum atomic E-state index is -4.29. The molecule has 0 spiro atoms. The van der Waals surface area contributed by atoms with Crippen LogP contribution in [0.5, 0.6) is 5.75 Å². The molecule has 182 valence electrons. The van der Waals surface area contributed by atoms with Crippen LogP contribution in [0.1, 0.15) is 36.5 Å². The second-order valence-electron chi connectivity index (χ2n) is 8.79. The molecule has 1 saturated carbocycles. The summed E-state index contributed by atoms with van der Waals surface area (Å²) in [5, 5.41) is 2.85. The summed E-state index contributed by atoms with van der Waals surface area (Å²) in [5.74, 6) is -2.63. The highest BCUT2D eigenvalue weighted by atomic mass is 32.2. The number of ketones is 1. The van der Waals surface area contributed by atoms with Crippen LogP contribution in [0.3, 0.4) is 0 Å². The third-order valence-corrected chi connectivity index (χ3v) is 7.57. The molecule has 2 aromatic rings. The van der Waals surface area contributed by atoms with Gasteiger partial charge in [-0.1, -0.05) is 12.8 Å². The molecule has 5 rings (SSSR count). The topological polar surface area (TPSA) is 161 Å². The third-order valence-electron chi connectivity index (χ3n) is 6.24. The predicted octanol–water partition coefficient (Wildman–Crippen LogP) is 1.49. The van der Waals surface area contributed by atoms with Crippen LogP contribution in [0, 0.1) is 11.8 Å². The Hall–Kier alpha value is -3.80. The largest absolute Gasteiger partial charge is 0.481 e. The zero-order chi connectivity index (χ0) is 24.9. The quantitative estimate of drug-likeness (QED) is 0.544. The van der Waals surface area contributed by atoms with Crippen LogP contribution < -0.4 is 20.7 Å². The number of sulfonamides is 1. The van der Waals surface area contributed by atoms with Crippen molar-refractivity contribution in [3.05, 3.63) is 42.1 Å². The minimum Gasteiger partial charge on any atom is -0.481 e. The molecule has 1 fully saturated rings. The summed E-state index contributed by atoms with van der Waals surface area (Å²) in [6.07, 6.45) is 3.52. The first-order chi connectivity index (χ1) is 16.7. The van der Waals surface area contributed by atoms with E-state index in [1.807, 2.05) is 0 Å². The van der Waals surface area contributed by atoms with Crippen LogP contribution in [0.4, 0.5) is 11.5 Å². The number of hydrogen-bond acceptors (Lipinski definition) is 8. The van der Waals surface area contributed by atoms with Crippen molar-refractivity contribution in [2.75, 3.05) is 16.8 Å². The van der Waals surface area contributed by atoms with Crippen LogP contribution in [0.25, 0.3) is 0 Å². The molecule has 35 heavy (non-hydrogen) atoms. The van der Waals surface area contributed by atoms with Gasteiger partial charge >= 0.3 is 0 Å². The summed E-state index contributed by atoms with van der Waals surface area (Å²) >= 11 is 0. The molecule has 3 aliphatic rings. The molecule has 2 amide bonds. The molecule has 1 aromatic carbocycles. The van der Waals surface area contributed by atoms with Crippen molar-refractivity contribution in [1.82, 2.24) is 4.98 Å². The summed E-state index contributed by atoms with van der Waals surface area (Å²) < 4.78 is 35.2. The lowest BCUT2D eigenvalue weighted by atomic mass is 9.90. The summed E-state index contributed by atoms with van der Waals surface area (Å²) in [7, 11) is -4.29. The predicted molar refractivity (Wildman–Crippen MR) is 126 cm³/mol. The van der Waals surface area contributed by atoms with Crippen LogP contribution in [-0.2, 0) is 19.6 Å². The van der Waals surface area contributed by atoms with Gasteiger partial charge in [0.25, 0.3) is 15.9 Å². The Balaban J connectivity index is 1.49. The Morgan fingerprint density at radius 1 is 1.29 bits per heavy atom. The molecular formula is C23H23N5O6S. The fourth-order valence-electron chi connectivity index (χ4n) is 4.13. The van der Waals surface area contributed by atoms with E-state index in [1.165, 1.54) is 36.2 Å². The molecule has 1 aliphatic carbocycles. The van der Waals surface area contributed by atoms with Crippen molar-refractivity contribution >= 4 is 45.0 Å². The highest BCUT2D eigenvalue weighted by Crippen LogP contribution is 2.37. The van der Waals surface area contributed by atoms with Crippen molar-refractivity contribution in [3.8, 4) is 5.75 Å². The normalized spacial score (nSPS) is 21.3. The summed E-state index contributed by atoms with van der Waals surface area (Å²) in [4.78, 5) is 43.6. The number of ether oxygens (including phenoxy) is 1. The van der Waals surface area contributed by atoms with E-state index >= 15 is 0 Å². The number of anilines is 2. The first-order valence-corrected chi connectivity index (χ1v) is 12.6. The number of nitrogens with two attached hydrogens (primary N) is 1. The van der Waals surface area contributed by atoms with E-state index in [4.69, 9.17) is 10.5 Å². The van der Waals surface area contributed by atoms with E-state index in [-0.39, 0.29) is 33.5 Å². The fraction of sp³-hybridized carbons (Fsp3) is 0.348. The lowest BCUT2D eigenvalue weighted by Gasteiger charge is -2.33. The number of fused-ring (bicyclic) bond motifs is 2. The number of Topliss-reactive ketones (excluding diaryl/α,β-unsaturated/α-hetero) is 1. The molecular weight excluding hydrogens is 474 g/mol. The van der Waals surface area contributed by atoms with Gasteiger partial charge < -0.3 is 15.8 Å². The lowest BCUT2D eigenvalue weighted by molar-refractivity contribution is -0.124. The molecule has 11 nitrogen and oxygen atoms in total. The minimum absolute atomic E-state index is 0.107. The Morgan fingerprint density at radius 3 is 2.77 bits per heavy atom.